The predicted octanol–water partition coefficient (Wildman–Crippen LogP) is 1.25. The molecule has 0 spiro atoms. The monoisotopic (exact) mass is 224 g/mol. The summed E-state index contributed by atoms with van der Waals surface area (Å²) in [6.07, 6.45) is 1.19. The van der Waals surface area contributed by atoms with Gasteiger partial charge in [-0.25, -0.2) is 0 Å². The lowest BCUT2D eigenvalue weighted by Crippen LogP contribution is -2.23. The average molecular weight is 224 g/mol. The Morgan fingerprint density at radius 2 is 2.25 bits per heavy atom. The highest BCUT2D eigenvalue weighted by Gasteiger charge is 2.06. The molecule has 0 atom stereocenters. The third-order valence-electron chi connectivity index (χ3n) is 2.68. The van der Waals surface area contributed by atoms with Crippen LogP contribution in [0, 0.1) is 6.92 Å². The summed E-state index contributed by atoms with van der Waals surface area (Å²) in [6.45, 7) is 8.32. The standard InChI is InChI=1S/C12H24N4/c1-5-16-12(9-11(2)14-16)10-15(4)8-6-7-13-3/h9,13H,5-8,10H2,1-4H3. The SMILES string of the molecule is CCn1nc(C)cc1CN(C)CCCNC. The summed E-state index contributed by atoms with van der Waals surface area (Å²) < 4.78 is 2.09. The van der Waals surface area contributed by atoms with Crippen molar-refractivity contribution >= 4 is 0 Å². The van der Waals surface area contributed by atoms with Gasteiger partial charge < -0.3 is 10.2 Å². The lowest BCUT2D eigenvalue weighted by Gasteiger charge is -2.16. The highest BCUT2D eigenvalue weighted by molar-refractivity contribution is 5.08. The van der Waals surface area contributed by atoms with Gasteiger partial charge in [-0.2, -0.15) is 5.10 Å². The average Bonchev–Trinajstić information content (AvgIpc) is 2.59. The van der Waals surface area contributed by atoms with Crippen molar-refractivity contribution in [2.45, 2.75) is 33.4 Å². The molecule has 0 aliphatic heterocycles. The second-order valence-electron chi connectivity index (χ2n) is 4.29. The first kappa shape index (κ1) is 13.2. The Morgan fingerprint density at radius 3 is 2.88 bits per heavy atom. The van der Waals surface area contributed by atoms with Crippen LogP contribution < -0.4 is 5.32 Å². The van der Waals surface area contributed by atoms with Gasteiger partial charge in [0.2, 0.25) is 0 Å². The molecule has 0 saturated heterocycles. The van der Waals surface area contributed by atoms with Crippen molar-refractivity contribution < 1.29 is 0 Å². The summed E-state index contributed by atoms with van der Waals surface area (Å²) in [5.41, 5.74) is 2.42. The Labute approximate surface area is 98.6 Å². The van der Waals surface area contributed by atoms with Crippen LogP contribution >= 0.6 is 0 Å². The Hall–Kier alpha value is -0.870. The van der Waals surface area contributed by atoms with E-state index in [2.05, 4.69) is 47.0 Å². The molecule has 0 fully saturated rings. The van der Waals surface area contributed by atoms with Gasteiger partial charge in [0.15, 0.2) is 0 Å². The molecule has 1 aromatic rings. The molecular weight excluding hydrogens is 200 g/mol. The molecule has 0 radical (unpaired) electrons. The molecule has 1 rings (SSSR count). The van der Waals surface area contributed by atoms with Crippen LogP contribution in [0.1, 0.15) is 24.7 Å². The van der Waals surface area contributed by atoms with E-state index in [0.717, 1.165) is 31.9 Å². The van der Waals surface area contributed by atoms with Gasteiger partial charge in [-0.15, -0.1) is 0 Å². The maximum Gasteiger partial charge on any atom is 0.0597 e. The van der Waals surface area contributed by atoms with Gasteiger partial charge in [0.1, 0.15) is 0 Å². The number of nitrogens with one attached hydrogen (secondary N) is 1. The highest BCUT2D eigenvalue weighted by atomic mass is 15.3. The Bertz CT molecular complexity index is 306. The number of aromatic nitrogens is 2. The first-order chi connectivity index (χ1) is 7.67. The van der Waals surface area contributed by atoms with Crippen molar-refractivity contribution in [1.29, 1.82) is 0 Å². The molecule has 4 heteroatoms. The maximum atomic E-state index is 4.46. The van der Waals surface area contributed by atoms with Crippen molar-refractivity contribution in [3.8, 4) is 0 Å². The Kier molecular flexibility index (Phi) is 5.49. The van der Waals surface area contributed by atoms with Crippen LogP contribution in [-0.4, -0.2) is 41.9 Å². The number of aryl methyl sites for hydroxylation is 2. The van der Waals surface area contributed by atoms with Gasteiger partial charge in [0.05, 0.1) is 11.4 Å². The fourth-order valence-electron chi connectivity index (χ4n) is 1.88. The van der Waals surface area contributed by atoms with Crippen LogP contribution in [0.5, 0.6) is 0 Å². The summed E-state index contributed by atoms with van der Waals surface area (Å²) >= 11 is 0. The molecule has 0 aromatic carbocycles. The molecule has 1 aromatic heterocycles. The number of rotatable bonds is 7. The molecule has 1 heterocycles. The zero-order chi connectivity index (χ0) is 12.0. The van der Waals surface area contributed by atoms with E-state index >= 15 is 0 Å². The lowest BCUT2D eigenvalue weighted by atomic mass is 10.3. The van der Waals surface area contributed by atoms with Gasteiger partial charge in [0, 0.05) is 13.1 Å². The summed E-state index contributed by atoms with van der Waals surface area (Å²) in [6, 6.07) is 2.18. The van der Waals surface area contributed by atoms with Gasteiger partial charge >= 0.3 is 0 Å². The van der Waals surface area contributed by atoms with E-state index in [9.17, 15) is 0 Å². The fraction of sp³-hybridized carbons (Fsp3) is 0.750. The molecule has 1 N–H and O–H groups in total. The minimum absolute atomic E-state index is 0.952. The first-order valence-corrected chi connectivity index (χ1v) is 6.03. The molecule has 0 bridgehead atoms. The second kappa shape index (κ2) is 6.66. The van der Waals surface area contributed by atoms with Gasteiger partial charge in [-0.3, -0.25) is 4.68 Å². The largest absolute Gasteiger partial charge is 0.320 e. The minimum Gasteiger partial charge on any atom is -0.320 e. The van der Waals surface area contributed by atoms with Crippen molar-refractivity contribution in [2.75, 3.05) is 27.2 Å². The fourth-order valence-corrected chi connectivity index (χ4v) is 1.88. The summed E-state index contributed by atoms with van der Waals surface area (Å²) in [7, 11) is 4.16. The molecular formula is C12H24N4. The molecule has 0 unspecified atom stereocenters. The topological polar surface area (TPSA) is 33.1 Å². The smallest absolute Gasteiger partial charge is 0.0597 e. The van der Waals surface area contributed by atoms with E-state index < -0.39 is 0 Å². The van der Waals surface area contributed by atoms with E-state index in [1.165, 1.54) is 12.1 Å². The molecule has 0 aliphatic carbocycles. The highest BCUT2D eigenvalue weighted by Crippen LogP contribution is 2.06. The Morgan fingerprint density at radius 1 is 1.50 bits per heavy atom. The predicted molar refractivity (Wildman–Crippen MR) is 67.5 cm³/mol. The van der Waals surface area contributed by atoms with Crippen LogP contribution in [0.3, 0.4) is 0 Å². The van der Waals surface area contributed by atoms with E-state index in [1.807, 2.05) is 7.05 Å². The molecule has 92 valence electrons. The second-order valence-corrected chi connectivity index (χ2v) is 4.29. The zero-order valence-electron chi connectivity index (χ0n) is 11.0. The molecule has 0 saturated carbocycles. The first-order valence-electron chi connectivity index (χ1n) is 6.03. The van der Waals surface area contributed by atoms with E-state index in [0.29, 0.717) is 0 Å². The van der Waals surface area contributed by atoms with Crippen molar-refractivity contribution in [3.63, 3.8) is 0 Å². The number of nitrogens with zero attached hydrogens (tertiary/aromatic N) is 3. The van der Waals surface area contributed by atoms with Crippen LogP contribution in [-0.2, 0) is 13.1 Å². The third-order valence-corrected chi connectivity index (χ3v) is 2.68. The lowest BCUT2D eigenvalue weighted by molar-refractivity contribution is 0.310. The van der Waals surface area contributed by atoms with E-state index in [-0.39, 0.29) is 0 Å². The number of hydrogen-bond acceptors (Lipinski definition) is 3. The van der Waals surface area contributed by atoms with Crippen LogP contribution in [0.2, 0.25) is 0 Å². The molecule has 16 heavy (non-hydrogen) atoms. The zero-order valence-corrected chi connectivity index (χ0v) is 11.0. The molecule has 0 amide bonds. The summed E-state index contributed by atoms with van der Waals surface area (Å²) in [5, 5.41) is 7.63. The number of hydrogen-bond donors (Lipinski definition) is 1. The van der Waals surface area contributed by atoms with Crippen LogP contribution in [0.15, 0.2) is 6.07 Å². The van der Waals surface area contributed by atoms with Crippen molar-refractivity contribution in [2.24, 2.45) is 0 Å². The van der Waals surface area contributed by atoms with E-state index in [1.54, 1.807) is 0 Å². The van der Waals surface area contributed by atoms with Crippen molar-refractivity contribution in [3.05, 3.63) is 17.5 Å². The Balaban J connectivity index is 2.45. The molecule has 4 nitrogen and oxygen atoms in total. The van der Waals surface area contributed by atoms with Gasteiger partial charge in [0.25, 0.3) is 0 Å². The third kappa shape index (κ3) is 3.94. The van der Waals surface area contributed by atoms with Gasteiger partial charge in [-0.05, 0) is 53.5 Å². The summed E-state index contributed by atoms with van der Waals surface area (Å²) in [5.74, 6) is 0. The van der Waals surface area contributed by atoms with Gasteiger partial charge in [-0.1, -0.05) is 0 Å². The normalized spacial score (nSPS) is 11.3. The quantitative estimate of drug-likeness (QED) is 0.708. The maximum absolute atomic E-state index is 4.46. The van der Waals surface area contributed by atoms with Crippen LogP contribution in [0.25, 0.3) is 0 Å². The minimum atomic E-state index is 0.952. The van der Waals surface area contributed by atoms with E-state index in [4.69, 9.17) is 0 Å². The summed E-state index contributed by atoms with van der Waals surface area (Å²) in [4.78, 5) is 2.35. The van der Waals surface area contributed by atoms with Crippen LogP contribution in [0.4, 0.5) is 0 Å². The molecule has 0 aliphatic rings. The van der Waals surface area contributed by atoms with Crippen molar-refractivity contribution in [1.82, 2.24) is 20.0 Å².